The summed E-state index contributed by atoms with van der Waals surface area (Å²) in [6.07, 6.45) is 0. The molecular weight excluding hydrogens is 401 g/mol. The van der Waals surface area contributed by atoms with Crippen molar-refractivity contribution in [3.8, 4) is 0 Å². The second kappa shape index (κ2) is 6.14. The van der Waals surface area contributed by atoms with E-state index in [4.69, 9.17) is 0 Å². The van der Waals surface area contributed by atoms with Crippen LogP contribution in [0.25, 0.3) is 0 Å². The van der Waals surface area contributed by atoms with Crippen molar-refractivity contribution in [1.29, 1.82) is 0 Å². The first-order chi connectivity index (χ1) is 1.73. The van der Waals surface area contributed by atoms with Gasteiger partial charge in [-0.2, -0.15) is 0 Å². The van der Waals surface area contributed by atoms with Crippen LogP contribution in [0.15, 0.2) is 0 Å². The molecule has 0 aromatic heterocycles. The van der Waals surface area contributed by atoms with Gasteiger partial charge in [-0.3, -0.25) is 0 Å². The second-order valence-electron chi connectivity index (χ2n) is 0.151. The molecular formula is AgAuS3. The quantitative estimate of drug-likeness (QED) is 0.570. The van der Waals surface area contributed by atoms with Gasteiger partial charge in [-0.05, 0) is 0 Å². The average Bonchev–Trinajstić information content (AvgIpc) is 0.811. The molecule has 0 aliphatic carbocycles. The van der Waals surface area contributed by atoms with Crippen molar-refractivity contribution >= 4 is 28.7 Å². The molecule has 0 aromatic rings. The molecule has 0 aliphatic rings. The third-order valence-electron chi connectivity index (χ3n) is 0. The van der Waals surface area contributed by atoms with Gasteiger partial charge >= 0.3 is 41.5 Å². The van der Waals surface area contributed by atoms with Crippen molar-refractivity contribution < 1.29 is 35.2 Å². The van der Waals surface area contributed by atoms with Crippen molar-refractivity contribution in [2.45, 2.75) is 0 Å². The van der Waals surface area contributed by atoms with Gasteiger partial charge in [0.05, 0.1) is 0 Å². The zero-order valence-corrected chi connectivity index (χ0v) is 7.93. The van der Waals surface area contributed by atoms with Gasteiger partial charge in [0.25, 0.3) is 0 Å². The van der Waals surface area contributed by atoms with Crippen LogP contribution in [0.5, 0.6) is 0 Å². The number of hydrogen-bond donors (Lipinski definition) is 0. The molecule has 5 heavy (non-hydrogen) atoms. The molecule has 0 rings (SSSR count). The Hall–Kier alpha value is 2.14. The molecule has 5 heteroatoms. The molecule has 0 atom stereocenters. The van der Waals surface area contributed by atoms with Gasteiger partial charge < -0.3 is 0 Å². The van der Waals surface area contributed by atoms with Gasteiger partial charge in [-0.15, -0.1) is 0 Å². The summed E-state index contributed by atoms with van der Waals surface area (Å²) in [6, 6.07) is 0. The van der Waals surface area contributed by atoms with Crippen LogP contribution in [-0.2, 0) is 35.2 Å². The Kier molecular flexibility index (Phi) is 12.5. The summed E-state index contributed by atoms with van der Waals surface area (Å²) in [4.78, 5) is 0. The van der Waals surface area contributed by atoms with Gasteiger partial charge in [0.2, 0.25) is 0 Å². The van der Waals surface area contributed by atoms with Crippen LogP contribution in [0, 0.1) is 0 Å². The van der Waals surface area contributed by atoms with E-state index >= 15 is 0 Å². The Balaban J connectivity index is 0. The predicted octanol–water partition coefficient (Wildman–Crippen LogP) is 1.94. The molecule has 0 nitrogen and oxygen atoms in total. The summed E-state index contributed by atoms with van der Waals surface area (Å²) < 4.78 is 0. The van der Waals surface area contributed by atoms with Gasteiger partial charge in [0.1, 0.15) is 0 Å². The van der Waals surface area contributed by atoms with Gasteiger partial charge in [0.15, 0.2) is 0 Å². The van der Waals surface area contributed by atoms with Crippen molar-refractivity contribution in [3.05, 3.63) is 0 Å². The molecule has 0 amide bonds. The monoisotopic (exact) mass is 400 g/mol. The summed E-state index contributed by atoms with van der Waals surface area (Å²) in [5.41, 5.74) is 0. The van der Waals surface area contributed by atoms with E-state index in [0.717, 1.165) is 0 Å². The van der Waals surface area contributed by atoms with E-state index in [0.29, 0.717) is 0 Å². The van der Waals surface area contributed by atoms with Crippen LogP contribution in [0.4, 0.5) is 0 Å². The van der Waals surface area contributed by atoms with Crippen molar-refractivity contribution in [2.24, 2.45) is 0 Å². The normalized spacial score (nSPS) is 8.40. The van der Waals surface area contributed by atoms with Crippen LogP contribution in [0.1, 0.15) is 0 Å². The molecule has 0 spiro atoms. The van der Waals surface area contributed by atoms with E-state index in [1.54, 1.807) is 0 Å². The molecule has 40 valence electrons. The fraction of sp³-hybridized carbons (Fsp3) is 0. The third kappa shape index (κ3) is 23.0. The van der Waals surface area contributed by atoms with Crippen LogP contribution < -0.4 is 0 Å². The molecule has 0 aromatic carbocycles. The van der Waals surface area contributed by atoms with E-state index in [9.17, 15) is 0 Å². The average molecular weight is 401 g/mol. The van der Waals surface area contributed by atoms with Crippen LogP contribution in [-0.4, -0.2) is 0 Å². The second-order valence-corrected chi connectivity index (χ2v) is 11.1. The van der Waals surface area contributed by atoms with Crippen LogP contribution in [0.2, 0.25) is 0 Å². The molecule has 0 unspecified atom stereocenters. The summed E-state index contributed by atoms with van der Waals surface area (Å²) in [5, 5.41) is 0. The van der Waals surface area contributed by atoms with Crippen molar-refractivity contribution in [1.82, 2.24) is 0 Å². The standard InChI is InChI=1S/Ag.Au.3S. The molecule has 0 N–H and O–H groups in total. The zero-order valence-electron chi connectivity index (χ0n) is 1.83. The molecule has 0 aliphatic heterocycles. The van der Waals surface area contributed by atoms with E-state index in [2.05, 4.69) is 28.7 Å². The molecule has 1 radical (unpaired) electrons. The Bertz CT molecular complexity index is 76.3. The number of hydrogen-bond acceptors (Lipinski definition) is 3. The summed E-state index contributed by atoms with van der Waals surface area (Å²) in [7, 11) is 13.2. The fourth-order valence-corrected chi connectivity index (χ4v) is 0. The van der Waals surface area contributed by atoms with E-state index < -0.39 is 12.8 Å². The van der Waals surface area contributed by atoms with Gasteiger partial charge in [0, 0.05) is 22.4 Å². The first-order valence-corrected chi connectivity index (χ1v) is 9.07. The van der Waals surface area contributed by atoms with Crippen LogP contribution >= 0.6 is 28.7 Å². The van der Waals surface area contributed by atoms with Crippen molar-refractivity contribution in [3.63, 3.8) is 0 Å². The van der Waals surface area contributed by atoms with Gasteiger partial charge in [-0.25, -0.2) is 0 Å². The van der Waals surface area contributed by atoms with Gasteiger partial charge in [-0.1, -0.05) is 0 Å². The van der Waals surface area contributed by atoms with Crippen molar-refractivity contribution in [2.75, 3.05) is 0 Å². The molecule has 0 heterocycles. The predicted molar refractivity (Wildman–Crippen MR) is 22.8 cm³/mol. The topological polar surface area (TPSA) is 0 Å². The first kappa shape index (κ1) is 10.2. The zero-order chi connectivity index (χ0) is 3.58. The molecule has 0 bridgehead atoms. The van der Waals surface area contributed by atoms with E-state index in [1.165, 1.54) is 0 Å². The molecule has 0 saturated carbocycles. The molecule has 0 fully saturated rings. The maximum atomic E-state index is 4.40. The Morgan fingerprint density at radius 3 is 1.00 bits per heavy atom. The Morgan fingerprint density at radius 2 is 1.00 bits per heavy atom. The first-order valence-electron chi connectivity index (χ1n) is 0.369. The Morgan fingerprint density at radius 1 is 1.00 bits per heavy atom. The molecule has 0 saturated heterocycles. The maximum absolute atomic E-state index is 4.40. The third-order valence-corrected chi connectivity index (χ3v) is 0. The summed E-state index contributed by atoms with van der Waals surface area (Å²) in [6.45, 7) is 0. The fourth-order valence-electron chi connectivity index (χ4n) is 0. The van der Waals surface area contributed by atoms with E-state index in [-0.39, 0.29) is 22.4 Å². The minimum absolute atomic E-state index is 0. The van der Waals surface area contributed by atoms with E-state index in [1.807, 2.05) is 0 Å². The number of rotatable bonds is 0. The minimum atomic E-state index is -1.45. The summed E-state index contributed by atoms with van der Waals surface area (Å²) in [5.74, 6) is 0. The SMILES string of the molecule is [Ag].[S]=[Au](=[S])=[S]. The summed E-state index contributed by atoms with van der Waals surface area (Å²) >= 11 is -1.45. The van der Waals surface area contributed by atoms with Crippen LogP contribution in [0.3, 0.4) is 0 Å². The Labute approximate surface area is 62.9 Å².